The van der Waals surface area contributed by atoms with E-state index in [9.17, 15) is 4.79 Å². The van der Waals surface area contributed by atoms with Gasteiger partial charge in [-0.3, -0.25) is 0 Å². The van der Waals surface area contributed by atoms with Crippen molar-refractivity contribution in [2.45, 2.75) is 0 Å². The van der Waals surface area contributed by atoms with Crippen LogP contribution >= 0.6 is 0 Å². The summed E-state index contributed by atoms with van der Waals surface area (Å²) in [5.74, 6) is -0.981. The van der Waals surface area contributed by atoms with Gasteiger partial charge in [-0.25, -0.2) is 4.79 Å². The number of allylic oxidation sites excluding steroid dienone is 3. The molecule has 0 aliphatic carbocycles. The normalized spacial score (nSPS) is 4.79. The van der Waals surface area contributed by atoms with Crippen molar-refractivity contribution in [2.75, 3.05) is 0 Å². The molecule has 72 valence electrons. The Morgan fingerprint density at radius 3 is 1.43 bits per heavy atom. The summed E-state index contributed by atoms with van der Waals surface area (Å²) >= 11 is 0. The van der Waals surface area contributed by atoms with E-state index in [0.29, 0.717) is 0 Å². The minimum atomic E-state index is -0.981. The first-order valence-electron chi connectivity index (χ1n) is 3.20. The predicted molar refractivity (Wildman–Crippen MR) is 54.0 cm³/mol. The third kappa shape index (κ3) is 148. The molecule has 14 heavy (non-hydrogen) atoms. The van der Waals surface area contributed by atoms with Crippen LogP contribution in [0.15, 0.2) is 50.6 Å². The molecule has 3 nitrogen and oxygen atoms in total. The van der Waals surface area contributed by atoms with E-state index in [1.165, 1.54) is 6.08 Å². The zero-order valence-corrected chi connectivity index (χ0v) is 11.1. The number of hydrogen-bond acceptors (Lipinski definition) is 2. The van der Waals surface area contributed by atoms with Crippen molar-refractivity contribution >= 4 is 5.97 Å². The Labute approximate surface area is 97.5 Å². The van der Waals surface area contributed by atoms with Crippen molar-refractivity contribution in [3.63, 3.8) is 0 Å². The van der Waals surface area contributed by atoms with Gasteiger partial charge in [0.25, 0.3) is 0 Å². The van der Waals surface area contributed by atoms with Crippen molar-refractivity contribution in [2.24, 2.45) is 0 Å². The summed E-state index contributed by atoms with van der Waals surface area (Å²) < 4.78 is 0. The van der Waals surface area contributed by atoms with Crippen LogP contribution in [0, 0.1) is 11.3 Å². The molecule has 0 aromatic rings. The first-order valence-corrected chi connectivity index (χ1v) is 3.20. The van der Waals surface area contributed by atoms with E-state index in [2.05, 4.69) is 26.3 Å². The molecule has 0 saturated heterocycles. The first-order chi connectivity index (χ1) is 6.10. The maximum Gasteiger partial charge on any atom is 0.327 e. The Hall–Kier alpha value is -1.46. The Bertz CT molecular complexity index is 211. The van der Waals surface area contributed by atoms with Crippen molar-refractivity contribution in [3.05, 3.63) is 50.6 Å². The van der Waals surface area contributed by atoms with Crippen LogP contribution in [0.3, 0.4) is 0 Å². The second kappa shape index (κ2) is 30.0. The molecule has 0 aromatic carbocycles. The number of nitriles is 1. The van der Waals surface area contributed by atoms with Gasteiger partial charge in [0.05, 0.1) is 6.07 Å². The van der Waals surface area contributed by atoms with Crippen LogP contribution in [-0.2, 0) is 24.3 Å². The number of carboxylic acid groups (broad SMARTS) is 1. The Morgan fingerprint density at radius 2 is 1.43 bits per heavy atom. The van der Waals surface area contributed by atoms with Crippen LogP contribution in [0.5, 0.6) is 0 Å². The van der Waals surface area contributed by atoms with E-state index in [4.69, 9.17) is 10.4 Å². The van der Waals surface area contributed by atoms with E-state index in [0.717, 1.165) is 6.08 Å². The SMILES string of the molecule is C=CC#N.C=CC(=O)O.C=CC=C.[Zn]. The molecule has 0 aliphatic rings. The van der Waals surface area contributed by atoms with Crippen LogP contribution < -0.4 is 0 Å². The smallest absolute Gasteiger partial charge is 0.327 e. The minimum absolute atomic E-state index is 0. The molecule has 0 aliphatic heterocycles. The fourth-order valence-electron chi connectivity index (χ4n) is 0. The summed E-state index contributed by atoms with van der Waals surface area (Å²) in [6.45, 7) is 12.8. The fraction of sp³-hybridized carbons (Fsp3) is 0. The van der Waals surface area contributed by atoms with Crippen LogP contribution in [0.4, 0.5) is 0 Å². The quantitative estimate of drug-likeness (QED) is 0.351. The van der Waals surface area contributed by atoms with E-state index < -0.39 is 5.97 Å². The number of rotatable bonds is 2. The third-order valence-electron chi connectivity index (χ3n) is 0.433. The summed E-state index contributed by atoms with van der Waals surface area (Å²) in [5, 5.41) is 15.1. The Morgan fingerprint density at radius 1 is 1.21 bits per heavy atom. The molecule has 0 amide bonds. The molecular weight excluding hydrogens is 232 g/mol. The van der Waals surface area contributed by atoms with Gasteiger partial charge in [0, 0.05) is 31.6 Å². The van der Waals surface area contributed by atoms with Gasteiger partial charge in [-0.15, -0.1) is 0 Å². The summed E-state index contributed by atoms with van der Waals surface area (Å²) in [7, 11) is 0. The third-order valence-corrected chi connectivity index (χ3v) is 0.433. The van der Waals surface area contributed by atoms with E-state index in [1.54, 1.807) is 18.2 Å². The molecule has 1 N–H and O–H groups in total. The van der Waals surface area contributed by atoms with Crippen molar-refractivity contribution in [1.29, 1.82) is 5.26 Å². The molecule has 0 fully saturated rings. The maximum atomic E-state index is 9.25. The molecule has 0 rings (SSSR count). The second-order valence-electron chi connectivity index (χ2n) is 1.35. The number of hydrogen-bond donors (Lipinski definition) is 1. The van der Waals surface area contributed by atoms with E-state index in [1.807, 2.05) is 0 Å². The Balaban J connectivity index is -0.0000000522. The van der Waals surface area contributed by atoms with Crippen molar-refractivity contribution in [1.82, 2.24) is 0 Å². The molecule has 0 bridgehead atoms. The molecule has 4 heteroatoms. The molecule has 0 heterocycles. The standard InChI is InChI=1S/C4H6.C3H3N.C3H4O2.Zn/c1-3-4-2;1-2-3-4;1-2-3(4)5;/h3-4H,1-2H2;2H,1H2;2H,1H2,(H,4,5);. The molecule has 0 unspecified atom stereocenters. The van der Waals surface area contributed by atoms with Gasteiger partial charge in [0.15, 0.2) is 0 Å². The number of nitrogens with zero attached hydrogens (tertiary/aromatic N) is 1. The van der Waals surface area contributed by atoms with Crippen molar-refractivity contribution in [3.8, 4) is 6.07 Å². The van der Waals surface area contributed by atoms with Gasteiger partial charge in [-0.1, -0.05) is 38.5 Å². The van der Waals surface area contributed by atoms with Crippen LogP contribution in [0.2, 0.25) is 0 Å². The van der Waals surface area contributed by atoms with E-state index >= 15 is 0 Å². The first kappa shape index (κ1) is 22.9. The average molecular weight is 245 g/mol. The number of carboxylic acids is 1. The molecular formula is C10H13NO2Zn. The number of carbonyl (C=O) groups is 1. The van der Waals surface area contributed by atoms with Crippen LogP contribution in [0.25, 0.3) is 0 Å². The molecule has 0 atom stereocenters. The summed E-state index contributed by atoms with van der Waals surface area (Å²) in [5.41, 5.74) is 0. The fourth-order valence-corrected chi connectivity index (χ4v) is 0. The zero-order valence-electron chi connectivity index (χ0n) is 8.15. The minimum Gasteiger partial charge on any atom is -0.478 e. The molecule has 0 radical (unpaired) electrons. The van der Waals surface area contributed by atoms with Gasteiger partial charge in [0.2, 0.25) is 0 Å². The topological polar surface area (TPSA) is 61.1 Å². The summed E-state index contributed by atoms with van der Waals surface area (Å²) in [6.07, 6.45) is 5.29. The zero-order chi connectivity index (χ0) is 11.1. The van der Waals surface area contributed by atoms with Crippen LogP contribution in [0.1, 0.15) is 0 Å². The maximum absolute atomic E-state index is 9.25. The molecule has 0 aromatic heterocycles. The van der Waals surface area contributed by atoms with Crippen molar-refractivity contribution < 1.29 is 29.4 Å². The summed E-state index contributed by atoms with van der Waals surface area (Å²) in [4.78, 5) is 9.25. The monoisotopic (exact) mass is 243 g/mol. The van der Waals surface area contributed by atoms with Gasteiger partial charge < -0.3 is 5.11 Å². The van der Waals surface area contributed by atoms with Gasteiger partial charge in [0.1, 0.15) is 0 Å². The largest absolute Gasteiger partial charge is 0.478 e. The number of aliphatic carboxylic acids is 1. The van der Waals surface area contributed by atoms with Gasteiger partial charge in [-0.2, -0.15) is 5.26 Å². The second-order valence-corrected chi connectivity index (χ2v) is 1.35. The van der Waals surface area contributed by atoms with E-state index in [-0.39, 0.29) is 19.5 Å². The molecule has 0 spiro atoms. The van der Waals surface area contributed by atoms with Gasteiger partial charge in [-0.05, 0) is 0 Å². The molecule has 0 saturated carbocycles. The van der Waals surface area contributed by atoms with Crippen LogP contribution in [-0.4, -0.2) is 11.1 Å². The average Bonchev–Trinajstić information content (AvgIpc) is 2.18. The summed E-state index contributed by atoms with van der Waals surface area (Å²) in [6, 6.07) is 1.69. The predicted octanol–water partition coefficient (Wildman–Crippen LogP) is 2.31. The Kier molecular flexibility index (Phi) is 49.0. The van der Waals surface area contributed by atoms with Gasteiger partial charge >= 0.3 is 5.97 Å².